The van der Waals surface area contributed by atoms with Gasteiger partial charge in [-0.2, -0.15) is 5.26 Å². The lowest BCUT2D eigenvalue weighted by molar-refractivity contribution is 1.36. The first-order valence-corrected chi connectivity index (χ1v) is 9.83. The van der Waals surface area contributed by atoms with Crippen molar-refractivity contribution in [3.05, 3.63) is 81.9 Å². The molecule has 1 N–H and O–H groups in total. The van der Waals surface area contributed by atoms with Crippen molar-refractivity contribution in [1.29, 1.82) is 5.26 Å². The molecule has 2 aromatic carbocycles. The van der Waals surface area contributed by atoms with Gasteiger partial charge < -0.3 is 5.32 Å². The van der Waals surface area contributed by atoms with E-state index in [0.29, 0.717) is 10.6 Å². The average molecular weight is 433 g/mol. The summed E-state index contributed by atoms with van der Waals surface area (Å²) in [5, 5.41) is 16.4. The number of nitrogens with zero attached hydrogens (tertiary/aromatic N) is 3. The maximum atomic E-state index is 9.54. The fraction of sp³-hybridized carbons (Fsp3) is 0. The second-order valence-corrected chi connectivity index (χ2v) is 7.54. The Kier molecular flexibility index (Phi) is 4.97. The average Bonchev–Trinajstić information content (AvgIpc) is 3.19. The van der Waals surface area contributed by atoms with Crippen molar-refractivity contribution >= 4 is 49.4 Å². The van der Waals surface area contributed by atoms with Crippen LogP contribution < -0.4 is 5.32 Å². The highest BCUT2D eigenvalue weighted by Gasteiger charge is 2.09. The van der Waals surface area contributed by atoms with Crippen molar-refractivity contribution in [2.24, 2.45) is 0 Å². The van der Waals surface area contributed by atoms with E-state index < -0.39 is 0 Å². The maximum absolute atomic E-state index is 9.54. The third-order valence-electron chi connectivity index (χ3n) is 3.98. The molecule has 0 fully saturated rings. The summed E-state index contributed by atoms with van der Waals surface area (Å²) < 4.78 is 1.02. The lowest BCUT2D eigenvalue weighted by Gasteiger charge is -2.03. The zero-order valence-corrected chi connectivity index (χ0v) is 16.5. The first-order chi connectivity index (χ1) is 13.2. The number of nitrogens with one attached hydrogen (secondary N) is 1. The minimum absolute atomic E-state index is 0.495. The van der Waals surface area contributed by atoms with Gasteiger partial charge in [0, 0.05) is 38.9 Å². The number of benzene rings is 2. The van der Waals surface area contributed by atoms with Crippen LogP contribution in [0.1, 0.15) is 5.01 Å². The van der Waals surface area contributed by atoms with Crippen LogP contribution in [0.2, 0.25) is 0 Å². The predicted octanol–water partition coefficient (Wildman–Crippen LogP) is 6.10. The summed E-state index contributed by atoms with van der Waals surface area (Å²) in [5.74, 6) is 0. The molecule has 4 nitrogen and oxygen atoms in total. The van der Waals surface area contributed by atoms with Crippen molar-refractivity contribution in [1.82, 2.24) is 9.97 Å². The van der Waals surface area contributed by atoms with Gasteiger partial charge in [0.2, 0.25) is 0 Å². The number of aromatic nitrogens is 2. The van der Waals surface area contributed by atoms with Gasteiger partial charge >= 0.3 is 0 Å². The van der Waals surface area contributed by atoms with Gasteiger partial charge in [-0.05, 0) is 36.4 Å². The molecule has 0 saturated heterocycles. The van der Waals surface area contributed by atoms with Gasteiger partial charge in [0.25, 0.3) is 0 Å². The fourth-order valence-electron chi connectivity index (χ4n) is 2.61. The molecule has 4 aromatic rings. The molecule has 2 aromatic heterocycles. The van der Waals surface area contributed by atoms with E-state index in [1.807, 2.05) is 60.0 Å². The van der Waals surface area contributed by atoms with E-state index in [9.17, 15) is 5.26 Å². The molecule has 0 saturated carbocycles. The molecule has 0 aliphatic heterocycles. The van der Waals surface area contributed by atoms with E-state index >= 15 is 0 Å². The number of thiazole rings is 1. The number of allylic oxidation sites excluding steroid dienone is 1. The SMILES string of the molecule is N#C/C(=C\Nc1ccc2ncccc2c1)c1nc(-c2ccc(Br)cc2)cs1. The predicted molar refractivity (Wildman–Crippen MR) is 114 cm³/mol. The molecule has 0 unspecified atom stereocenters. The Hall–Kier alpha value is -3.01. The Bertz CT molecular complexity index is 1170. The van der Waals surface area contributed by atoms with E-state index in [-0.39, 0.29) is 0 Å². The van der Waals surface area contributed by atoms with Crippen molar-refractivity contribution in [3.63, 3.8) is 0 Å². The molecular formula is C21H13BrN4S. The van der Waals surface area contributed by atoms with Crippen LogP contribution in [0.5, 0.6) is 0 Å². The zero-order valence-electron chi connectivity index (χ0n) is 14.1. The minimum atomic E-state index is 0.495. The highest BCUT2D eigenvalue weighted by Crippen LogP contribution is 2.27. The fourth-order valence-corrected chi connectivity index (χ4v) is 3.67. The van der Waals surface area contributed by atoms with Crippen molar-refractivity contribution < 1.29 is 0 Å². The van der Waals surface area contributed by atoms with E-state index in [2.05, 4.69) is 37.3 Å². The van der Waals surface area contributed by atoms with Gasteiger partial charge in [-0.3, -0.25) is 4.98 Å². The van der Waals surface area contributed by atoms with Crippen LogP contribution in [0.15, 0.2) is 76.8 Å². The van der Waals surface area contributed by atoms with Crippen LogP contribution in [0, 0.1) is 11.3 Å². The Morgan fingerprint density at radius 1 is 1.15 bits per heavy atom. The number of anilines is 1. The Morgan fingerprint density at radius 3 is 2.81 bits per heavy atom. The Labute approximate surface area is 169 Å². The molecule has 0 amide bonds. The summed E-state index contributed by atoms with van der Waals surface area (Å²) in [7, 11) is 0. The molecule has 0 aliphatic carbocycles. The number of rotatable bonds is 4. The normalized spacial score (nSPS) is 11.3. The Balaban J connectivity index is 1.58. The molecule has 6 heteroatoms. The second kappa shape index (κ2) is 7.70. The van der Waals surface area contributed by atoms with Gasteiger partial charge in [0.05, 0.1) is 11.2 Å². The van der Waals surface area contributed by atoms with E-state index in [4.69, 9.17) is 0 Å². The minimum Gasteiger partial charge on any atom is -0.360 e. The smallest absolute Gasteiger partial charge is 0.136 e. The number of hydrogen-bond donors (Lipinski definition) is 1. The number of halogens is 1. The van der Waals surface area contributed by atoms with Gasteiger partial charge in [0.15, 0.2) is 0 Å². The van der Waals surface area contributed by atoms with Crippen LogP contribution in [0.3, 0.4) is 0 Å². The van der Waals surface area contributed by atoms with E-state index in [0.717, 1.165) is 32.3 Å². The first kappa shape index (κ1) is 17.4. The summed E-state index contributed by atoms with van der Waals surface area (Å²) >= 11 is 4.89. The highest BCUT2D eigenvalue weighted by molar-refractivity contribution is 9.10. The van der Waals surface area contributed by atoms with Crippen LogP contribution in [0.4, 0.5) is 5.69 Å². The molecule has 4 rings (SSSR count). The zero-order chi connectivity index (χ0) is 18.6. The van der Waals surface area contributed by atoms with Crippen LogP contribution >= 0.6 is 27.3 Å². The third-order valence-corrected chi connectivity index (χ3v) is 5.39. The first-order valence-electron chi connectivity index (χ1n) is 8.16. The lowest BCUT2D eigenvalue weighted by atomic mass is 10.2. The van der Waals surface area contributed by atoms with Crippen molar-refractivity contribution in [2.75, 3.05) is 5.32 Å². The maximum Gasteiger partial charge on any atom is 0.136 e. The molecule has 0 bridgehead atoms. The molecule has 2 heterocycles. The van der Waals surface area contributed by atoms with Crippen molar-refractivity contribution in [3.8, 4) is 17.3 Å². The number of pyridine rings is 1. The summed E-state index contributed by atoms with van der Waals surface area (Å²) in [4.78, 5) is 8.92. The van der Waals surface area contributed by atoms with Crippen molar-refractivity contribution in [2.45, 2.75) is 0 Å². The van der Waals surface area contributed by atoms with Gasteiger partial charge in [0.1, 0.15) is 16.6 Å². The van der Waals surface area contributed by atoms with Gasteiger partial charge in [-0.25, -0.2) is 4.98 Å². The monoisotopic (exact) mass is 432 g/mol. The van der Waals surface area contributed by atoms with Crippen LogP contribution in [-0.2, 0) is 0 Å². The molecule has 0 atom stereocenters. The van der Waals surface area contributed by atoms with E-state index in [1.165, 1.54) is 11.3 Å². The standard InChI is InChI=1S/C21H13BrN4S/c22-17-5-3-14(4-6-17)20-13-27-21(26-20)16(11-23)12-25-18-7-8-19-15(10-18)2-1-9-24-19/h1-10,12-13,25H/b16-12+. The molecule has 0 spiro atoms. The van der Waals surface area contributed by atoms with Crippen LogP contribution in [-0.4, -0.2) is 9.97 Å². The number of nitriles is 1. The quantitative estimate of drug-likeness (QED) is 0.395. The third kappa shape index (κ3) is 3.90. The summed E-state index contributed by atoms with van der Waals surface area (Å²) in [5.41, 5.74) is 4.21. The lowest BCUT2D eigenvalue weighted by Crippen LogP contribution is -1.91. The number of fused-ring (bicyclic) bond motifs is 1. The second-order valence-electron chi connectivity index (χ2n) is 5.77. The highest BCUT2D eigenvalue weighted by atomic mass is 79.9. The van der Waals surface area contributed by atoms with E-state index in [1.54, 1.807) is 12.4 Å². The number of hydrogen-bond acceptors (Lipinski definition) is 5. The largest absolute Gasteiger partial charge is 0.360 e. The summed E-state index contributed by atoms with van der Waals surface area (Å²) in [6.45, 7) is 0. The molecule has 130 valence electrons. The molecule has 0 aliphatic rings. The summed E-state index contributed by atoms with van der Waals surface area (Å²) in [6.07, 6.45) is 3.47. The molecular weight excluding hydrogens is 420 g/mol. The summed E-state index contributed by atoms with van der Waals surface area (Å²) in [6, 6.07) is 20.0. The molecule has 0 radical (unpaired) electrons. The molecule has 27 heavy (non-hydrogen) atoms. The van der Waals surface area contributed by atoms with Crippen LogP contribution in [0.25, 0.3) is 27.7 Å². The Morgan fingerprint density at radius 2 is 2.00 bits per heavy atom. The van der Waals surface area contributed by atoms with Gasteiger partial charge in [-0.15, -0.1) is 11.3 Å². The topological polar surface area (TPSA) is 61.6 Å². The van der Waals surface area contributed by atoms with Gasteiger partial charge in [-0.1, -0.05) is 34.1 Å².